The van der Waals surface area contributed by atoms with Gasteiger partial charge in [-0.05, 0) is 49.7 Å². The van der Waals surface area contributed by atoms with Crippen molar-refractivity contribution < 1.29 is 9.18 Å². The number of hydrogen-bond acceptors (Lipinski definition) is 2. The summed E-state index contributed by atoms with van der Waals surface area (Å²) in [7, 11) is 0. The second-order valence-corrected chi connectivity index (χ2v) is 7.07. The van der Waals surface area contributed by atoms with Crippen molar-refractivity contribution in [3.63, 3.8) is 0 Å². The first kappa shape index (κ1) is 19.1. The number of hydrogen-bond donors (Lipinski definition) is 0. The monoisotopic (exact) mass is 385 g/mol. The maximum Gasteiger partial charge on any atom is 0.254 e. The van der Waals surface area contributed by atoms with Gasteiger partial charge in [-0.2, -0.15) is 0 Å². The number of rotatable bonds is 6. The molecule has 4 nitrogen and oxygen atoms in total. The Balaban J connectivity index is 1.82. The van der Waals surface area contributed by atoms with Crippen LogP contribution in [0.1, 0.15) is 35.6 Å². The highest BCUT2D eigenvalue weighted by molar-refractivity contribution is 6.30. The lowest BCUT2D eigenvalue weighted by molar-refractivity contribution is 0.0682. The Morgan fingerprint density at radius 3 is 2.70 bits per heavy atom. The van der Waals surface area contributed by atoms with Gasteiger partial charge in [-0.25, -0.2) is 9.37 Å². The third kappa shape index (κ3) is 4.74. The Labute approximate surface area is 163 Å². The minimum absolute atomic E-state index is 0.0583. The number of benzene rings is 2. The summed E-state index contributed by atoms with van der Waals surface area (Å²) >= 11 is 6.06. The molecule has 0 fully saturated rings. The molecular formula is C21H21ClFN3O. The van der Waals surface area contributed by atoms with Crippen LogP contribution in [0.25, 0.3) is 0 Å². The van der Waals surface area contributed by atoms with Crippen molar-refractivity contribution in [3.05, 3.63) is 88.7 Å². The van der Waals surface area contributed by atoms with Crippen LogP contribution in [0.3, 0.4) is 0 Å². The van der Waals surface area contributed by atoms with Crippen molar-refractivity contribution in [3.8, 4) is 0 Å². The highest BCUT2D eigenvalue weighted by Crippen LogP contribution is 2.16. The summed E-state index contributed by atoms with van der Waals surface area (Å²) in [6.45, 7) is 4.81. The molecule has 2 aromatic carbocycles. The second kappa shape index (κ2) is 8.35. The van der Waals surface area contributed by atoms with E-state index in [1.807, 2.05) is 48.9 Å². The first-order valence-corrected chi connectivity index (χ1v) is 9.13. The Bertz CT molecular complexity index is 938. The van der Waals surface area contributed by atoms with Crippen LogP contribution in [-0.2, 0) is 13.1 Å². The maximum absolute atomic E-state index is 13.5. The van der Waals surface area contributed by atoms with Crippen LogP contribution >= 0.6 is 11.6 Å². The predicted molar refractivity (Wildman–Crippen MR) is 104 cm³/mol. The topological polar surface area (TPSA) is 38.1 Å². The van der Waals surface area contributed by atoms with Crippen molar-refractivity contribution in [2.24, 2.45) is 0 Å². The van der Waals surface area contributed by atoms with E-state index in [4.69, 9.17) is 11.6 Å². The Morgan fingerprint density at radius 2 is 2.00 bits per heavy atom. The minimum Gasteiger partial charge on any atom is -0.329 e. The molecule has 0 saturated carbocycles. The van der Waals surface area contributed by atoms with Gasteiger partial charge in [-0.1, -0.05) is 29.8 Å². The normalized spacial score (nSPS) is 11.0. The number of imidazole rings is 1. The molecule has 1 amide bonds. The van der Waals surface area contributed by atoms with Gasteiger partial charge in [0, 0.05) is 35.6 Å². The van der Waals surface area contributed by atoms with Gasteiger partial charge in [-0.15, -0.1) is 0 Å². The fourth-order valence-corrected chi connectivity index (χ4v) is 3.11. The van der Waals surface area contributed by atoms with E-state index in [1.165, 1.54) is 12.1 Å². The van der Waals surface area contributed by atoms with Gasteiger partial charge in [0.15, 0.2) is 0 Å². The summed E-state index contributed by atoms with van der Waals surface area (Å²) in [6.07, 6.45) is 3.59. The van der Waals surface area contributed by atoms with Gasteiger partial charge in [-0.3, -0.25) is 4.79 Å². The molecule has 1 aromatic heterocycles. The number of carbonyl (C=O) groups is 1. The van der Waals surface area contributed by atoms with E-state index in [0.717, 1.165) is 11.4 Å². The molecule has 6 heteroatoms. The van der Waals surface area contributed by atoms with Gasteiger partial charge in [0.25, 0.3) is 5.91 Å². The second-order valence-electron chi connectivity index (χ2n) is 6.64. The van der Waals surface area contributed by atoms with E-state index in [1.54, 1.807) is 23.2 Å². The third-order valence-corrected chi connectivity index (χ3v) is 4.55. The highest BCUT2D eigenvalue weighted by Gasteiger charge is 2.21. The molecule has 3 rings (SSSR count). The lowest BCUT2D eigenvalue weighted by Gasteiger charge is -2.27. The molecule has 0 saturated heterocycles. The molecule has 1 heterocycles. The van der Waals surface area contributed by atoms with Crippen LogP contribution < -0.4 is 0 Å². The minimum atomic E-state index is -0.424. The van der Waals surface area contributed by atoms with Crippen LogP contribution in [-0.4, -0.2) is 26.4 Å². The van der Waals surface area contributed by atoms with E-state index in [9.17, 15) is 9.18 Å². The van der Waals surface area contributed by atoms with Gasteiger partial charge < -0.3 is 9.47 Å². The van der Waals surface area contributed by atoms with Crippen LogP contribution in [0.5, 0.6) is 0 Å². The molecule has 0 unspecified atom stereocenters. The van der Waals surface area contributed by atoms with E-state index in [2.05, 4.69) is 4.98 Å². The van der Waals surface area contributed by atoms with Crippen LogP contribution in [0.4, 0.5) is 4.39 Å². The highest BCUT2D eigenvalue weighted by atomic mass is 35.5. The molecule has 140 valence electrons. The fraction of sp³-hybridized carbons (Fsp3) is 0.238. The molecule has 0 aliphatic carbocycles. The van der Waals surface area contributed by atoms with E-state index < -0.39 is 5.82 Å². The first-order valence-electron chi connectivity index (χ1n) is 8.75. The fourth-order valence-electron chi connectivity index (χ4n) is 2.90. The number of nitrogens with zero attached hydrogens (tertiary/aromatic N) is 3. The summed E-state index contributed by atoms with van der Waals surface area (Å²) in [4.78, 5) is 19.0. The van der Waals surface area contributed by atoms with Gasteiger partial charge in [0.05, 0.1) is 6.54 Å². The summed E-state index contributed by atoms with van der Waals surface area (Å²) in [5.41, 5.74) is 1.38. The Morgan fingerprint density at radius 1 is 1.22 bits per heavy atom. The average Bonchev–Trinajstić information content (AvgIpc) is 3.05. The van der Waals surface area contributed by atoms with Gasteiger partial charge >= 0.3 is 0 Å². The standard InChI is InChI=1S/C21H21ClFN3O/c1-15(2)26(21(27)17-6-4-8-19(23)12-17)14-20-24-9-10-25(20)13-16-5-3-7-18(22)11-16/h3-12,15H,13-14H2,1-2H3. The van der Waals surface area contributed by atoms with Gasteiger partial charge in [0.2, 0.25) is 0 Å². The number of aromatic nitrogens is 2. The molecule has 3 aromatic rings. The van der Waals surface area contributed by atoms with E-state index in [-0.39, 0.29) is 11.9 Å². The van der Waals surface area contributed by atoms with Crippen LogP contribution in [0.2, 0.25) is 5.02 Å². The van der Waals surface area contributed by atoms with Crippen molar-refractivity contribution in [1.82, 2.24) is 14.5 Å². The van der Waals surface area contributed by atoms with Crippen molar-refractivity contribution in [2.75, 3.05) is 0 Å². The molecule has 0 aliphatic heterocycles. The zero-order valence-electron chi connectivity index (χ0n) is 15.3. The number of halogens is 2. The molecular weight excluding hydrogens is 365 g/mol. The Hall–Kier alpha value is -2.66. The summed E-state index contributed by atoms with van der Waals surface area (Å²) in [5.74, 6) is 0.113. The van der Waals surface area contributed by atoms with Crippen molar-refractivity contribution in [2.45, 2.75) is 33.0 Å². The van der Waals surface area contributed by atoms with Crippen molar-refractivity contribution >= 4 is 17.5 Å². The zero-order valence-corrected chi connectivity index (χ0v) is 16.0. The molecule has 0 bridgehead atoms. The summed E-state index contributed by atoms with van der Waals surface area (Å²) < 4.78 is 15.5. The maximum atomic E-state index is 13.5. The average molecular weight is 386 g/mol. The molecule has 0 spiro atoms. The quantitative estimate of drug-likeness (QED) is 0.612. The van der Waals surface area contributed by atoms with E-state index in [0.29, 0.717) is 23.7 Å². The van der Waals surface area contributed by atoms with Crippen LogP contribution in [0.15, 0.2) is 60.9 Å². The van der Waals surface area contributed by atoms with Crippen LogP contribution in [0, 0.1) is 5.82 Å². The SMILES string of the molecule is CC(C)N(Cc1nccn1Cc1cccc(Cl)c1)C(=O)c1cccc(F)c1. The lowest BCUT2D eigenvalue weighted by Crippen LogP contribution is -2.37. The largest absolute Gasteiger partial charge is 0.329 e. The third-order valence-electron chi connectivity index (χ3n) is 4.31. The Kier molecular flexibility index (Phi) is 5.91. The molecule has 0 radical (unpaired) electrons. The smallest absolute Gasteiger partial charge is 0.254 e. The summed E-state index contributed by atoms with van der Waals surface area (Å²) in [6, 6.07) is 13.3. The van der Waals surface area contributed by atoms with Gasteiger partial charge in [0.1, 0.15) is 11.6 Å². The van der Waals surface area contributed by atoms with Crippen molar-refractivity contribution in [1.29, 1.82) is 0 Å². The zero-order chi connectivity index (χ0) is 19.4. The molecule has 0 atom stereocenters. The number of amides is 1. The predicted octanol–water partition coefficient (Wildman–Crippen LogP) is 4.77. The first-order chi connectivity index (χ1) is 12.9. The molecule has 0 N–H and O–H groups in total. The summed E-state index contributed by atoms with van der Waals surface area (Å²) in [5, 5.41) is 0.680. The molecule has 0 aliphatic rings. The lowest BCUT2D eigenvalue weighted by atomic mass is 10.1. The van der Waals surface area contributed by atoms with E-state index >= 15 is 0 Å². The number of carbonyl (C=O) groups excluding carboxylic acids is 1. The molecule has 27 heavy (non-hydrogen) atoms.